The van der Waals surface area contributed by atoms with Crippen LogP contribution in [-0.2, 0) is 0 Å². The molecule has 1 aliphatic rings. The maximum atomic E-state index is 10.1. The molecular formula is C14H21NO. The fourth-order valence-corrected chi connectivity index (χ4v) is 2.64. The number of nitrogens with two attached hydrogens (primary N) is 1. The van der Waals surface area contributed by atoms with Gasteiger partial charge in [0.1, 0.15) is 0 Å². The molecule has 2 nitrogen and oxygen atoms in total. The summed E-state index contributed by atoms with van der Waals surface area (Å²) in [7, 11) is 0. The molecule has 1 saturated carbocycles. The van der Waals surface area contributed by atoms with Gasteiger partial charge in [0.2, 0.25) is 0 Å². The molecule has 1 aromatic rings. The van der Waals surface area contributed by atoms with Gasteiger partial charge < -0.3 is 10.8 Å². The Morgan fingerprint density at radius 1 is 1.25 bits per heavy atom. The number of hydrogen-bond donors (Lipinski definition) is 2. The van der Waals surface area contributed by atoms with Crippen molar-refractivity contribution in [2.24, 2.45) is 5.92 Å². The standard InChI is InChI=1S/C14H21NO/c15-13-8-4-7-12(10-13)14(16)9-11-5-2-1-3-6-11/h4,7-8,10-11,14,16H,1-3,5-6,9,15H2. The topological polar surface area (TPSA) is 46.2 Å². The van der Waals surface area contributed by atoms with E-state index in [9.17, 15) is 5.11 Å². The van der Waals surface area contributed by atoms with Gasteiger partial charge in [-0.15, -0.1) is 0 Å². The van der Waals surface area contributed by atoms with Crippen LogP contribution in [0.5, 0.6) is 0 Å². The van der Waals surface area contributed by atoms with E-state index in [4.69, 9.17) is 5.73 Å². The highest BCUT2D eigenvalue weighted by Crippen LogP contribution is 2.32. The highest BCUT2D eigenvalue weighted by molar-refractivity contribution is 5.41. The average molecular weight is 219 g/mol. The van der Waals surface area contributed by atoms with Gasteiger partial charge >= 0.3 is 0 Å². The average Bonchev–Trinajstić information content (AvgIpc) is 2.30. The van der Waals surface area contributed by atoms with Gasteiger partial charge in [-0.05, 0) is 30.0 Å². The van der Waals surface area contributed by atoms with Gasteiger partial charge in [0, 0.05) is 5.69 Å². The minimum Gasteiger partial charge on any atom is -0.399 e. The van der Waals surface area contributed by atoms with Crippen LogP contribution in [0.15, 0.2) is 24.3 Å². The van der Waals surface area contributed by atoms with E-state index in [1.165, 1.54) is 32.1 Å². The molecule has 0 bridgehead atoms. The van der Waals surface area contributed by atoms with Crippen molar-refractivity contribution in [1.29, 1.82) is 0 Å². The van der Waals surface area contributed by atoms with Crippen LogP contribution >= 0.6 is 0 Å². The lowest BCUT2D eigenvalue weighted by Gasteiger charge is -2.24. The third kappa shape index (κ3) is 2.99. The van der Waals surface area contributed by atoms with Crippen LogP contribution < -0.4 is 5.73 Å². The molecule has 2 rings (SSSR count). The van der Waals surface area contributed by atoms with E-state index < -0.39 is 0 Å². The smallest absolute Gasteiger partial charge is 0.0793 e. The number of anilines is 1. The molecule has 0 aliphatic heterocycles. The summed E-state index contributed by atoms with van der Waals surface area (Å²) in [6.45, 7) is 0. The van der Waals surface area contributed by atoms with Gasteiger partial charge in [0.15, 0.2) is 0 Å². The molecule has 0 spiro atoms. The molecule has 1 unspecified atom stereocenters. The summed E-state index contributed by atoms with van der Waals surface area (Å²) in [5.74, 6) is 0.699. The first-order valence-corrected chi connectivity index (χ1v) is 6.29. The minimum atomic E-state index is -0.341. The summed E-state index contributed by atoms with van der Waals surface area (Å²) in [4.78, 5) is 0. The monoisotopic (exact) mass is 219 g/mol. The highest BCUT2D eigenvalue weighted by Gasteiger charge is 2.18. The quantitative estimate of drug-likeness (QED) is 0.766. The van der Waals surface area contributed by atoms with Crippen molar-refractivity contribution in [2.45, 2.75) is 44.6 Å². The predicted octanol–water partition coefficient (Wildman–Crippen LogP) is 3.27. The van der Waals surface area contributed by atoms with Crippen molar-refractivity contribution in [2.75, 3.05) is 5.73 Å². The largest absolute Gasteiger partial charge is 0.399 e. The Hall–Kier alpha value is -1.02. The Bertz CT molecular complexity index is 331. The Morgan fingerprint density at radius 3 is 2.69 bits per heavy atom. The first-order chi connectivity index (χ1) is 7.75. The first kappa shape index (κ1) is 11.5. The van der Waals surface area contributed by atoms with Crippen LogP contribution in [0.3, 0.4) is 0 Å². The van der Waals surface area contributed by atoms with Crippen LogP contribution in [0.25, 0.3) is 0 Å². The molecule has 0 radical (unpaired) electrons. The van der Waals surface area contributed by atoms with Gasteiger partial charge in [-0.3, -0.25) is 0 Å². The van der Waals surface area contributed by atoms with Gasteiger partial charge in [0.25, 0.3) is 0 Å². The molecular weight excluding hydrogens is 198 g/mol. The summed E-state index contributed by atoms with van der Waals surface area (Å²) >= 11 is 0. The molecule has 88 valence electrons. The molecule has 1 aromatic carbocycles. The van der Waals surface area contributed by atoms with Crippen LogP contribution in [0.1, 0.15) is 50.2 Å². The molecule has 0 aromatic heterocycles. The number of benzene rings is 1. The maximum Gasteiger partial charge on any atom is 0.0793 e. The lowest BCUT2D eigenvalue weighted by atomic mass is 9.84. The van der Waals surface area contributed by atoms with Crippen LogP contribution in [0, 0.1) is 5.92 Å². The summed E-state index contributed by atoms with van der Waals surface area (Å²) < 4.78 is 0. The molecule has 16 heavy (non-hydrogen) atoms. The molecule has 0 heterocycles. The third-order valence-corrected chi connectivity index (χ3v) is 3.58. The molecule has 1 atom stereocenters. The van der Waals surface area contributed by atoms with E-state index in [-0.39, 0.29) is 6.10 Å². The lowest BCUT2D eigenvalue weighted by molar-refractivity contribution is 0.131. The van der Waals surface area contributed by atoms with Crippen LogP contribution in [-0.4, -0.2) is 5.11 Å². The minimum absolute atomic E-state index is 0.341. The van der Waals surface area contributed by atoms with E-state index >= 15 is 0 Å². The number of nitrogen functional groups attached to an aromatic ring is 1. The van der Waals surface area contributed by atoms with E-state index in [2.05, 4.69) is 0 Å². The Labute approximate surface area is 97.5 Å². The van der Waals surface area contributed by atoms with E-state index in [0.717, 1.165) is 17.7 Å². The second-order valence-corrected chi connectivity index (χ2v) is 4.93. The number of aliphatic hydroxyl groups excluding tert-OH is 1. The summed E-state index contributed by atoms with van der Waals surface area (Å²) in [6.07, 6.45) is 7.13. The van der Waals surface area contributed by atoms with Gasteiger partial charge in [0.05, 0.1) is 6.10 Å². The molecule has 0 saturated heterocycles. The highest BCUT2D eigenvalue weighted by atomic mass is 16.3. The lowest BCUT2D eigenvalue weighted by Crippen LogP contribution is -2.11. The number of aliphatic hydroxyl groups is 1. The zero-order chi connectivity index (χ0) is 11.4. The first-order valence-electron chi connectivity index (χ1n) is 6.29. The maximum absolute atomic E-state index is 10.1. The van der Waals surface area contributed by atoms with Crippen LogP contribution in [0.4, 0.5) is 5.69 Å². The van der Waals surface area contributed by atoms with Gasteiger partial charge in [-0.1, -0.05) is 44.2 Å². The zero-order valence-corrected chi connectivity index (χ0v) is 9.73. The summed E-state index contributed by atoms with van der Waals surface area (Å²) in [5, 5.41) is 10.1. The number of rotatable bonds is 3. The normalized spacial score (nSPS) is 19.6. The summed E-state index contributed by atoms with van der Waals surface area (Å²) in [5.41, 5.74) is 7.42. The SMILES string of the molecule is Nc1cccc(C(O)CC2CCCCC2)c1. The van der Waals surface area contributed by atoms with Crippen molar-refractivity contribution in [3.05, 3.63) is 29.8 Å². The second kappa shape index (κ2) is 5.35. The number of hydrogen-bond acceptors (Lipinski definition) is 2. The fourth-order valence-electron chi connectivity index (χ4n) is 2.64. The predicted molar refractivity (Wildman–Crippen MR) is 67.0 cm³/mol. The molecule has 2 heteroatoms. The molecule has 1 fully saturated rings. The van der Waals surface area contributed by atoms with Gasteiger partial charge in [-0.25, -0.2) is 0 Å². The Morgan fingerprint density at radius 2 is 2.00 bits per heavy atom. The third-order valence-electron chi connectivity index (χ3n) is 3.58. The van der Waals surface area contributed by atoms with Crippen molar-refractivity contribution >= 4 is 5.69 Å². The van der Waals surface area contributed by atoms with Crippen molar-refractivity contribution < 1.29 is 5.11 Å². The van der Waals surface area contributed by atoms with Gasteiger partial charge in [-0.2, -0.15) is 0 Å². The zero-order valence-electron chi connectivity index (χ0n) is 9.73. The fraction of sp³-hybridized carbons (Fsp3) is 0.571. The van der Waals surface area contributed by atoms with Crippen LogP contribution in [0.2, 0.25) is 0 Å². The Kier molecular flexibility index (Phi) is 3.83. The molecule has 0 amide bonds. The van der Waals surface area contributed by atoms with E-state index in [1.54, 1.807) is 0 Å². The van der Waals surface area contributed by atoms with E-state index in [0.29, 0.717) is 5.92 Å². The summed E-state index contributed by atoms with van der Waals surface area (Å²) in [6, 6.07) is 7.61. The molecule has 3 N–H and O–H groups in total. The van der Waals surface area contributed by atoms with E-state index in [1.807, 2.05) is 24.3 Å². The Balaban J connectivity index is 1.94. The molecule has 1 aliphatic carbocycles. The van der Waals surface area contributed by atoms with Crippen molar-refractivity contribution in [3.63, 3.8) is 0 Å². The van der Waals surface area contributed by atoms with Crippen molar-refractivity contribution in [3.8, 4) is 0 Å². The second-order valence-electron chi connectivity index (χ2n) is 4.93. The van der Waals surface area contributed by atoms with Crippen molar-refractivity contribution in [1.82, 2.24) is 0 Å².